The van der Waals surface area contributed by atoms with Gasteiger partial charge < -0.3 is 14.7 Å². The van der Waals surface area contributed by atoms with E-state index in [0.717, 1.165) is 28.8 Å². The number of hydrogen-bond acceptors (Lipinski definition) is 4. The molecule has 134 valence electrons. The second kappa shape index (κ2) is 8.62. The Morgan fingerprint density at radius 3 is 2.56 bits per heavy atom. The summed E-state index contributed by atoms with van der Waals surface area (Å²) in [6.07, 6.45) is 5.05. The lowest BCUT2D eigenvalue weighted by molar-refractivity contribution is -0.124. The summed E-state index contributed by atoms with van der Waals surface area (Å²) in [6.45, 7) is 6.72. The highest BCUT2D eigenvalue weighted by molar-refractivity contribution is 5.67. The molecule has 1 N–H and O–H groups in total. The Balaban J connectivity index is 1.90. The number of aromatic nitrogens is 1. The summed E-state index contributed by atoms with van der Waals surface area (Å²) < 4.78 is 5.80. The highest BCUT2D eigenvalue weighted by atomic mass is 16.5. The first-order valence-corrected chi connectivity index (χ1v) is 8.44. The van der Waals surface area contributed by atoms with E-state index >= 15 is 0 Å². The maximum absolute atomic E-state index is 11.2. The molecule has 0 saturated heterocycles. The van der Waals surface area contributed by atoms with Crippen LogP contribution in [0.1, 0.15) is 25.8 Å². The molecular formula is C20H26N2O3. The van der Waals surface area contributed by atoms with Gasteiger partial charge in [0.1, 0.15) is 5.75 Å². The molecule has 1 aromatic heterocycles. The van der Waals surface area contributed by atoms with Crippen molar-refractivity contribution >= 4 is 6.41 Å². The maximum Gasteiger partial charge on any atom is 0.210 e. The van der Waals surface area contributed by atoms with E-state index in [0.29, 0.717) is 19.6 Å². The second-order valence-electron chi connectivity index (χ2n) is 6.68. The zero-order valence-corrected chi connectivity index (χ0v) is 15.1. The van der Waals surface area contributed by atoms with Crippen molar-refractivity contribution in [1.82, 2.24) is 9.88 Å². The third-order valence-corrected chi connectivity index (χ3v) is 4.29. The standard InChI is InChI=1S/C20H26N2O3/c1-16-13-18(5-6-19(16)17-7-9-21-10-8-17)25-12-4-11-22(15-24)20(2,3)14-23/h5-10,13,15,23H,4,11-12,14H2,1-3H3. The predicted octanol–water partition coefficient (Wildman–Crippen LogP) is 3.06. The van der Waals surface area contributed by atoms with Crippen molar-refractivity contribution in [2.75, 3.05) is 19.8 Å². The summed E-state index contributed by atoms with van der Waals surface area (Å²) >= 11 is 0. The Kier molecular flexibility index (Phi) is 6.53. The minimum Gasteiger partial charge on any atom is -0.494 e. The fourth-order valence-electron chi connectivity index (χ4n) is 2.60. The molecule has 5 nitrogen and oxygen atoms in total. The number of ether oxygens (including phenoxy) is 1. The molecule has 0 bridgehead atoms. The van der Waals surface area contributed by atoms with E-state index in [1.807, 2.05) is 44.2 Å². The number of benzene rings is 1. The summed E-state index contributed by atoms with van der Waals surface area (Å²) in [6, 6.07) is 10.00. The number of aryl methyl sites for hydroxylation is 1. The first-order chi connectivity index (χ1) is 12.0. The summed E-state index contributed by atoms with van der Waals surface area (Å²) in [4.78, 5) is 16.8. The molecule has 1 aromatic carbocycles. The molecule has 0 aliphatic heterocycles. The molecule has 1 heterocycles. The first-order valence-electron chi connectivity index (χ1n) is 8.44. The Morgan fingerprint density at radius 1 is 1.24 bits per heavy atom. The summed E-state index contributed by atoms with van der Waals surface area (Å²) in [7, 11) is 0. The van der Waals surface area contributed by atoms with Gasteiger partial charge in [0.25, 0.3) is 0 Å². The SMILES string of the molecule is Cc1cc(OCCCN(C=O)C(C)(C)CO)ccc1-c1ccncc1. The van der Waals surface area contributed by atoms with Gasteiger partial charge in [-0.25, -0.2) is 0 Å². The second-order valence-corrected chi connectivity index (χ2v) is 6.68. The molecule has 0 fully saturated rings. The Morgan fingerprint density at radius 2 is 1.96 bits per heavy atom. The smallest absolute Gasteiger partial charge is 0.210 e. The first kappa shape index (κ1) is 18.9. The van der Waals surface area contributed by atoms with Crippen LogP contribution in [0.25, 0.3) is 11.1 Å². The summed E-state index contributed by atoms with van der Waals surface area (Å²) in [5.74, 6) is 0.814. The minimum absolute atomic E-state index is 0.0672. The number of carbonyl (C=O) groups is 1. The quantitative estimate of drug-likeness (QED) is 0.562. The van der Waals surface area contributed by atoms with Gasteiger partial charge in [0.2, 0.25) is 6.41 Å². The van der Waals surface area contributed by atoms with Crippen LogP contribution in [0.5, 0.6) is 5.75 Å². The van der Waals surface area contributed by atoms with E-state index in [1.165, 1.54) is 0 Å². The minimum atomic E-state index is -0.551. The fourth-order valence-corrected chi connectivity index (χ4v) is 2.60. The number of hydrogen-bond donors (Lipinski definition) is 1. The lowest BCUT2D eigenvalue weighted by Crippen LogP contribution is -2.46. The zero-order valence-electron chi connectivity index (χ0n) is 15.1. The molecule has 0 radical (unpaired) electrons. The zero-order chi connectivity index (χ0) is 18.3. The number of amides is 1. The van der Waals surface area contributed by atoms with Crippen LogP contribution in [-0.4, -0.2) is 46.7 Å². The molecular weight excluding hydrogens is 316 g/mol. The van der Waals surface area contributed by atoms with Crippen molar-refractivity contribution in [2.24, 2.45) is 0 Å². The molecule has 0 spiro atoms. The third kappa shape index (κ3) is 5.03. The number of nitrogens with zero attached hydrogens (tertiary/aromatic N) is 2. The van der Waals surface area contributed by atoms with E-state index in [2.05, 4.69) is 11.9 Å². The van der Waals surface area contributed by atoms with Gasteiger partial charge in [-0.2, -0.15) is 0 Å². The van der Waals surface area contributed by atoms with Crippen molar-refractivity contribution in [1.29, 1.82) is 0 Å². The van der Waals surface area contributed by atoms with Crippen molar-refractivity contribution in [3.63, 3.8) is 0 Å². The average Bonchev–Trinajstić information content (AvgIpc) is 2.62. The molecule has 2 rings (SSSR count). The van der Waals surface area contributed by atoms with Crippen LogP contribution in [0.2, 0.25) is 0 Å². The molecule has 0 aliphatic rings. The van der Waals surface area contributed by atoms with Gasteiger partial charge in [-0.1, -0.05) is 6.07 Å². The average molecular weight is 342 g/mol. The van der Waals surface area contributed by atoms with E-state index in [4.69, 9.17) is 4.74 Å². The Hall–Kier alpha value is -2.40. The molecule has 0 atom stereocenters. The largest absolute Gasteiger partial charge is 0.494 e. The van der Waals surface area contributed by atoms with Crippen LogP contribution in [0.3, 0.4) is 0 Å². The monoisotopic (exact) mass is 342 g/mol. The highest BCUT2D eigenvalue weighted by Crippen LogP contribution is 2.26. The van der Waals surface area contributed by atoms with Gasteiger partial charge in [-0.15, -0.1) is 0 Å². The van der Waals surface area contributed by atoms with E-state index in [1.54, 1.807) is 17.3 Å². The fraction of sp³-hybridized carbons (Fsp3) is 0.400. The Labute approximate surface area is 149 Å². The van der Waals surface area contributed by atoms with Crippen LogP contribution >= 0.6 is 0 Å². The number of aliphatic hydroxyl groups is 1. The van der Waals surface area contributed by atoms with Crippen molar-refractivity contribution in [3.8, 4) is 16.9 Å². The molecule has 1 amide bonds. The van der Waals surface area contributed by atoms with Gasteiger partial charge in [-0.05, 0) is 68.1 Å². The Bertz CT molecular complexity index is 687. The lowest BCUT2D eigenvalue weighted by atomic mass is 10.0. The number of pyridine rings is 1. The van der Waals surface area contributed by atoms with Crippen LogP contribution < -0.4 is 4.74 Å². The molecule has 5 heteroatoms. The van der Waals surface area contributed by atoms with Crippen LogP contribution in [0.15, 0.2) is 42.7 Å². The summed E-state index contributed by atoms with van der Waals surface area (Å²) in [5.41, 5.74) is 2.88. The van der Waals surface area contributed by atoms with Crippen molar-refractivity contribution < 1.29 is 14.6 Å². The molecule has 0 saturated carbocycles. The van der Waals surface area contributed by atoms with Gasteiger partial charge in [0.15, 0.2) is 0 Å². The van der Waals surface area contributed by atoms with E-state index in [9.17, 15) is 9.90 Å². The van der Waals surface area contributed by atoms with Crippen LogP contribution in [0.4, 0.5) is 0 Å². The number of aliphatic hydroxyl groups excluding tert-OH is 1. The normalized spacial score (nSPS) is 11.2. The molecule has 0 aliphatic carbocycles. The highest BCUT2D eigenvalue weighted by Gasteiger charge is 2.23. The topological polar surface area (TPSA) is 62.7 Å². The van der Waals surface area contributed by atoms with Gasteiger partial charge in [0.05, 0.1) is 18.8 Å². The third-order valence-electron chi connectivity index (χ3n) is 4.29. The van der Waals surface area contributed by atoms with Gasteiger partial charge >= 0.3 is 0 Å². The van der Waals surface area contributed by atoms with Gasteiger partial charge in [-0.3, -0.25) is 9.78 Å². The van der Waals surface area contributed by atoms with Crippen LogP contribution in [0, 0.1) is 6.92 Å². The summed E-state index contributed by atoms with van der Waals surface area (Å²) in [5, 5.41) is 9.34. The number of carbonyl (C=O) groups excluding carboxylic acids is 1. The van der Waals surface area contributed by atoms with Crippen molar-refractivity contribution in [3.05, 3.63) is 48.3 Å². The number of rotatable bonds is 9. The lowest BCUT2D eigenvalue weighted by Gasteiger charge is -2.34. The molecule has 2 aromatic rings. The van der Waals surface area contributed by atoms with Gasteiger partial charge in [0, 0.05) is 18.9 Å². The van der Waals surface area contributed by atoms with Crippen LogP contribution in [-0.2, 0) is 4.79 Å². The molecule has 0 unspecified atom stereocenters. The maximum atomic E-state index is 11.2. The molecule has 25 heavy (non-hydrogen) atoms. The predicted molar refractivity (Wildman–Crippen MR) is 98.5 cm³/mol. The van der Waals surface area contributed by atoms with E-state index < -0.39 is 5.54 Å². The van der Waals surface area contributed by atoms with E-state index in [-0.39, 0.29) is 6.61 Å². The van der Waals surface area contributed by atoms with Crippen molar-refractivity contribution in [2.45, 2.75) is 32.7 Å².